The van der Waals surface area contributed by atoms with E-state index in [9.17, 15) is 0 Å². The molecule has 2 heterocycles. The fourth-order valence-electron chi connectivity index (χ4n) is 5.73. The number of rotatable bonds is 6. The van der Waals surface area contributed by atoms with Gasteiger partial charge in [-0.1, -0.05) is 52.5 Å². The Hall–Kier alpha value is -0.880. The van der Waals surface area contributed by atoms with Gasteiger partial charge in [0.05, 0.1) is 0 Å². The highest BCUT2D eigenvalue weighted by atomic mass is 32.2. The van der Waals surface area contributed by atoms with Gasteiger partial charge in [-0.05, 0) is 111 Å². The van der Waals surface area contributed by atoms with Crippen molar-refractivity contribution in [3.63, 3.8) is 0 Å². The van der Waals surface area contributed by atoms with E-state index in [1.807, 2.05) is 11.9 Å². The highest BCUT2D eigenvalue weighted by Crippen LogP contribution is 2.43. The van der Waals surface area contributed by atoms with Gasteiger partial charge < -0.3 is 4.57 Å². The summed E-state index contributed by atoms with van der Waals surface area (Å²) in [5.41, 5.74) is 5.75. The Morgan fingerprint density at radius 1 is 1.00 bits per heavy atom. The lowest BCUT2D eigenvalue weighted by molar-refractivity contribution is 0.186. The number of nitrogens with two attached hydrogens (primary N) is 1. The van der Waals surface area contributed by atoms with Gasteiger partial charge in [-0.15, -0.1) is 0 Å². The molecule has 0 amide bonds. The van der Waals surface area contributed by atoms with Crippen LogP contribution in [-0.2, 0) is 12.0 Å². The molecule has 1 aromatic heterocycles. The minimum absolute atomic E-state index is 0.0829. The van der Waals surface area contributed by atoms with Crippen molar-refractivity contribution in [3.8, 4) is 11.3 Å². The van der Waals surface area contributed by atoms with E-state index in [1.165, 1.54) is 102 Å². The highest BCUT2D eigenvalue weighted by molar-refractivity contribution is 7.97. The molecule has 1 saturated heterocycles. The third kappa shape index (κ3) is 5.74. The quantitative estimate of drug-likeness (QED) is 0.404. The first-order valence-corrected chi connectivity index (χ1v) is 14.9. The number of aromatic nitrogens is 1. The van der Waals surface area contributed by atoms with E-state index in [0.717, 1.165) is 12.5 Å². The Morgan fingerprint density at radius 2 is 1.74 bits per heavy atom. The van der Waals surface area contributed by atoms with Crippen molar-refractivity contribution in [1.29, 1.82) is 0 Å². The molecular formula is C29H45N3S2. The van der Waals surface area contributed by atoms with E-state index in [0.29, 0.717) is 0 Å². The molecule has 2 aliphatic rings. The molecule has 1 saturated carbocycles. The fourth-order valence-corrected chi connectivity index (χ4v) is 7.57. The predicted molar refractivity (Wildman–Crippen MR) is 150 cm³/mol. The summed E-state index contributed by atoms with van der Waals surface area (Å²) in [6, 6.07) is 9.53. The standard InChI is InChI=1S/C29H45N3S2/c1-21-27(33-30)19-25(31(21)20-22-12-8-7-9-13-22)23-14-15-26(24(18-23)28(2,3)4)34-32-17-11-10-16-29(32,5)6/h14-15,18-19,22H,7-13,16-17,20,30H2,1-6H3. The van der Waals surface area contributed by atoms with Crippen molar-refractivity contribution in [2.75, 3.05) is 6.54 Å². The van der Waals surface area contributed by atoms with Crippen molar-refractivity contribution in [3.05, 3.63) is 35.5 Å². The molecule has 2 aromatic rings. The van der Waals surface area contributed by atoms with Crippen molar-refractivity contribution in [1.82, 2.24) is 8.87 Å². The van der Waals surface area contributed by atoms with E-state index in [4.69, 9.17) is 5.14 Å². The van der Waals surface area contributed by atoms with Gasteiger partial charge in [-0.25, -0.2) is 4.31 Å². The second-order valence-corrected chi connectivity index (χ2v) is 13.9. The van der Waals surface area contributed by atoms with Gasteiger partial charge in [0.15, 0.2) is 0 Å². The van der Waals surface area contributed by atoms with Crippen molar-refractivity contribution in [2.24, 2.45) is 11.1 Å². The first kappa shape index (κ1) is 26.2. The largest absolute Gasteiger partial charge is 0.343 e. The lowest BCUT2D eigenvalue weighted by Crippen LogP contribution is -2.42. The van der Waals surface area contributed by atoms with Crippen molar-refractivity contribution >= 4 is 23.9 Å². The second-order valence-electron chi connectivity index (χ2n) is 12.1. The third-order valence-electron chi connectivity index (χ3n) is 7.98. The maximum atomic E-state index is 6.09. The van der Waals surface area contributed by atoms with Crippen molar-refractivity contribution < 1.29 is 0 Å². The highest BCUT2D eigenvalue weighted by Gasteiger charge is 2.32. The van der Waals surface area contributed by atoms with Crippen LogP contribution in [0.15, 0.2) is 34.1 Å². The molecule has 0 atom stereocenters. The SMILES string of the molecule is Cc1c(SN)cc(-c2ccc(SN3CCCCC3(C)C)c(C(C)(C)C)c2)n1CC1CCCCC1. The zero-order valence-electron chi connectivity index (χ0n) is 22.2. The van der Waals surface area contributed by atoms with Gasteiger partial charge in [0.25, 0.3) is 0 Å². The van der Waals surface area contributed by atoms with Gasteiger partial charge in [0, 0.05) is 39.8 Å². The van der Waals surface area contributed by atoms with Gasteiger partial charge in [0.2, 0.25) is 0 Å². The average Bonchev–Trinajstić information content (AvgIpc) is 3.10. The topological polar surface area (TPSA) is 34.2 Å². The number of piperidine rings is 1. The van der Waals surface area contributed by atoms with Crippen LogP contribution in [0, 0.1) is 12.8 Å². The Balaban J connectivity index is 1.71. The Labute approximate surface area is 216 Å². The van der Waals surface area contributed by atoms with E-state index >= 15 is 0 Å². The molecule has 188 valence electrons. The average molecular weight is 500 g/mol. The van der Waals surface area contributed by atoms with E-state index in [1.54, 1.807) is 0 Å². The van der Waals surface area contributed by atoms with Crippen LogP contribution in [0.2, 0.25) is 0 Å². The van der Waals surface area contributed by atoms with Gasteiger partial charge in [-0.2, -0.15) is 0 Å². The van der Waals surface area contributed by atoms with Crippen LogP contribution in [0.4, 0.5) is 0 Å². The summed E-state index contributed by atoms with van der Waals surface area (Å²) in [7, 11) is 0. The fraction of sp³-hybridized carbons (Fsp3) is 0.655. The predicted octanol–water partition coefficient (Wildman–Crippen LogP) is 8.58. The minimum Gasteiger partial charge on any atom is -0.343 e. The molecule has 2 fully saturated rings. The monoisotopic (exact) mass is 499 g/mol. The minimum atomic E-state index is 0.0829. The molecule has 1 aliphatic heterocycles. The molecule has 1 aromatic carbocycles. The smallest absolute Gasteiger partial charge is 0.0494 e. The molecular weight excluding hydrogens is 454 g/mol. The first-order valence-electron chi connectivity index (χ1n) is 13.3. The summed E-state index contributed by atoms with van der Waals surface area (Å²) in [4.78, 5) is 2.61. The van der Waals surface area contributed by atoms with Crippen LogP contribution in [0.1, 0.15) is 97.2 Å². The van der Waals surface area contributed by atoms with Crippen LogP contribution in [0.3, 0.4) is 0 Å². The second kappa shape index (κ2) is 10.6. The number of hydrogen-bond acceptors (Lipinski definition) is 4. The van der Waals surface area contributed by atoms with Crippen LogP contribution in [-0.4, -0.2) is 21.0 Å². The van der Waals surface area contributed by atoms with Gasteiger partial charge in [0.1, 0.15) is 0 Å². The van der Waals surface area contributed by atoms with Crippen molar-refractivity contribution in [2.45, 2.75) is 120 Å². The van der Waals surface area contributed by atoms with Crippen LogP contribution in [0.25, 0.3) is 11.3 Å². The number of benzene rings is 1. The number of hydrogen-bond donors (Lipinski definition) is 1. The Morgan fingerprint density at radius 3 is 2.38 bits per heavy atom. The summed E-state index contributed by atoms with van der Waals surface area (Å²) in [6.45, 7) is 16.4. The van der Waals surface area contributed by atoms with Gasteiger partial charge in [-0.3, -0.25) is 5.14 Å². The summed E-state index contributed by atoms with van der Waals surface area (Å²) in [5.74, 6) is 0.785. The molecule has 0 bridgehead atoms. The van der Waals surface area contributed by atoms with Crippen LogP contribution >= 0.6 is 23.9 Å². The van der Waals surface area contributed by atoms with E-state index in [-0.39, 0.29) is 11.0 Å². The lowest BCUT2D eigenvalue weighted by atomic mass is 9.85. The maximum absolute atomic E-state index is 6.09. The first-order chi connectivity index (χ1) is 16.1. The molecule has 34 heavy (non-hydrogen) atoms. The summed E-state index contributed by atoms with van der Waals surface area (Å²) < 4.78 is 5.19. The molecule has 1 aliphatic carbocycles. The third-order valence-corrected chi connectivity index (χ3v) is 10.1. The summed E-state index contributed by atoms with van der Waals surface area (Å²) in [5, 5.41) is 6.09. The molecule has 0 radical (unpaired) electrons. The Bertz CT molecular complexity index is 980. The molecule has 2 N–H and O–H groups in total. The van der Waals surface area contributed by atoms with Crippen LogP contribution < -0.4 is 5.14 Å². The maximum Gasteiger partial charge on any atom is 0.0494 e. The Kier molecular flexibility index (Phi) is 8.18. The number of nitrogens with zero attached hydrogens (tertiary/aromatic N) is 2. The molecule has 0 unspecified atom stereocenters. The van der Waals surface area contributed by atoms with Crippen LogP contribution in [0.5, 0.6) is 0 Å². The lowest BCUT2D eigenvalue weighted by Gasteiger charge is -2.42. The zero-order chi connectivity index (χ0) is 24.5. The summed E-state index contributed by atoms with van der Waals surface area (Å²) >= 11 is 3.37. The van der Waals surface area contributed by atoms with E-state index in [2.05, 4.69) is 74.7 Å². The normalized spacial score (nSPS) is 20.1. The van der Waals surface area contributed by atoms with Gasteiger partial charge >= 0.3 is 0 Å². The van der Waals surface area contributed by atoms with E-state index < -0.39 is 0 Å². The molecule has 0 spiro atoms. The molecule has 4 rings (SSSR count). The molecule has 3 nitrogen and oxygen atoms in total. The molecule has 5 heteroatoms. The summed E-state index contributed by atoms with van der Waals surface area (Å²) in [6.07, 6.45) is 10.8. The zero-order valence-corrected chi connectivity index (χ0v) is 23.9.